The van der Waals surface area contributed by atoms with Crippen LogP contribution < -0.4 is 0 Å². The van der Waals surface area contributed by atoms with Gasteiger partial charge in [-0.15, -0.1) is 0 Å². The normalized spacial score (nSPS) is 32.2. The van der Waals surface area contributed by atoms with Crippen molar-refractivity contribution < 1.29 is 19.1 Å². The van der Waals surface area contributed by atoms with Gasteiger partial charge in [0.2, 0.25) is 6.17 Å². The number of nitrogens with zero attached hydrogens (tertiary/aromatic N) is 2. The van der Waals surface area contributed by atoms with Gasteiger partial charge >= 0.3 is 6.03 Å². The maximum atomic E-state index is 14.7. The second-order valence-electron chi connectivity index (χ2n) is 6.07. The van der Waals surface area contributed by atoms with Crippen LogP contribution in [0.2, 0.25) is 0 Å². The van der Waals surface area contributed by atoms with Crippen LogP contribution >= 0.6 is 0 Å². The number of urea groups is 1. The lowest BCUT2D eigenvalue weighted by molar-refractivity contribution is -0.150. The van der Waals surface area contributed by atoms with Crippen molar-refractivity contribution >= 4 is 11.9 Å². The van der Waals surface area contributed by atoms with Crippen LogP contribution in [0, 0.1) is 0 Å². The molecule has 0 saturated carbocycles. The number of carbonyl (C=O) groups excluding carboxylic acids is 2. The Kier molecular flexibility index (Phi) is 3.44. The van der Waals surface area contributed by atoms with Gasteiger partial charge in [0.1, 0.15) is 11.6 Å². The zero-order valence-electron chi connectivity index (χ0n) is 12.6. The van der Waals surface area contributed by atoms with E-state index < -0.39 is 29.8 Å². The molecule has 0 unspecified atom stereocenters. The van der Waals surface area contributed by atoms with Crippen molar-refractivity contribution in [2.75, 3.05) is 14.1 Å². The standard InChI is InChI=1S/C16H19FN2O3/c1-18-13(12(17)14(20)19(2)15(18)21)16(22)9-5-7-10-6-3-4-8-11(10)16/h3-4,6,8,12-13,22H,5,7,9H2,1-2H3/t12-,13-,16+/m0/s1. The molecule has 1 aliphatic heterocycles. The first-order valence-electron chi connectivity index (χ1n) is 7.37. The number of imide groups is 1. The molecule has 3 amide bonds. The number of halogens is 1. The molecule has 1 aromatic carbocycles. The number of amides is 3. The molecular weight excluding hydrogens is 287 g/mol. The molecule has 22 heavy (non-hydrogen) atoms. The summed E-state index contributed by atoms with van der Waals surface area (Å²) in [6.45, 7) is 0. The van der Waals surface area contributed by atoms with E-state index in [1.165, 1.54) is 14.1 Å². The summed E-state index contributed by atoms with van der Waals surface area (Å²) in [5.74, 6) is -0.899. The lowest BCUT2D eigenvalue weighted by Gasteiger charge is -2.48. The van der Waals surface area contributed by atoms with E-state index in [1.54, 1.807) is 12.1 Å². The van der Waals surface area contributed by atoms with Gasteiger partial charge < -0.3 is 10.0 Å². The van der Waals surface area contributed by atoms with Crippen molar-refractivity contribution in [1.82, 2.24) is 9.80 Å². The zero-order chi connectivity index (χ0) is 16.1. The number of fused-ring (bicyclic) bond motifs is 1. The molecule has 0 aromatic heterocycles. The predicted octanol–water partition coefficient (Wildman–Crippen LogP) is 1.44. The topological polar surface area (TPSA) is 60.9 Å². The molecule has 1 heterocycles. The maximum Gasteiger partial charge on any atom is 0.326 e. The van der Waals surface area contributed by atoms with E-state index in [9.17, 15) is 19.1 Å². The van der Waals surface area contributed by atoms with Gasteiger partial charge in [0.05, 0.1) is 0 Å². The minimum atomic E-state index is -1.94. The lowest BCUT2D eigenvalue weighted by Crippen LogP contribution is -2.67. The van der Waals surface area contributed by atoms with Crippen molar-refractivity contribution in [2.24, 2.45) is 0 Å². The van der Waals surface area contributed by atoms with Crippen LogP contribution in [-0.2, 0) is 16.8 Å². The van der Waals surface area contributed by atoms with E-state index in [2.05, 4.69) is 0 Å². The highest BCUT2D eigenvalue weighted by Crippen LogP contribution is 2.42. The minimum absolute atomic E-state index is 0.323. The molecule has 5 nitrogen and oxygen atoms in total. The summed E-state index contributed by atoms with van der Waals surface area (Å²) in [6, 6.07) is 5.49. The molecule has 0 radical (unpaired) electrons. The smallest absolute Gasteiger partial charge is 0.326 e. The van der Waals surface area contributed by atoms with Crippen LogP contribution in [0.4, 0.5) is 9.18 Å². The average molecular weight is 306 g/mol. The van der Waals surface area contributed by atoms with Crippen LogP contribution in [0.15, 0.2) is 24.3 Å². The highest BCUT2D eigenvalue weighted by atomic mass is 19.1. The second kappa shape index (κ2) is 5.05. The number of aliphatic hydroxyl groups is 1. The molecule has 1 fully saturated rings. The minimum Gasteiger partial charge on any atom is -0.383 e. The summed E-state index contributed by atoms with van der Waals surface area (Å²) < 4.78 is 14.7. The van der Waals surface area contributed by atoms with Gasteiger partial charge in [0.15, 0.2) is 0 Å². The first-order chi connectivity index (χ1) is 10.4. The number of benzene rings is 1. The number of likely N-dealkylation sites (N-methyl/N-ethyl adjacent to an activating group) is 1. The summed E-state index contributed by atoms with van der Waals surface area (Å²) in [4.78, 5) is 26.0. The third-order valence-electron chi connectivity index (χ3n) is 4.83. The molecule has 1 saturated heterocycles. The van der Waals surface area contributed by atoms with Crippen LogP contribution in [-0.4, -0.2) is 53.2 Å². The lowest BCUT2D eigenvalue weighted by atomic mass is 9.72. The molecule has 3 rings (SSSR count). The Balaban J connectivity index is 2.09. The van der Waals surface area contributed by atoms with E-state index in [-0.39, 0.29) is 0 Å². The third kappa shape index (κ3) is 1.94. The summed E-state index contributed by atoms with van der Waals surface area (Å²) in [5, 5.41) is 11.2. The molecule has 1 aliphatic carbocycles. The van der Waals surface area contributed by atoms with Gasteiger partial charge in [-0.2, -0.15) is 0 Å². The fourth-order valence-corrected chi connectivity index (χ4v) is 3.68. The van der Waals surface area contributed by atoms with Crippen molar-refractivity contribution in [3.63, 3.8) is 0 Å². The fraction of sp³-hybridized carbons (Fsp3) is 0.500. The summed E-state index contributed by atoms with van der Waals surface area (Å²) in [5.41, 5.74) is 0.0110. The summed E-state index contributed by atoms with van der Waals surface area (Å²) >= 11 is 0. The van der Waals surface area contributed by atoms with Crippen LogP contribution in [0.25, 0.3) is 0 Å². The number of hydrogen-bond donors (Lipinski definition) is 1. The van der Waals surface area contributed by atoms with E-state index in [0.29, 0.717) is 18.4 Å². The number of carbonyl (C=O) groups is 2. The molecular formula is C16H19FN2O3. The molecule has 0 spiro atoms. The van der Waals surface area contributed by atoms with Gasteiger partial charge in [-0.05, 0) is 30.4 Å². The molecule has 6 heteroatoms. The van der Waals surface area contributed by atoms with Crippen LogP contribution in [0.3, 0.4) is 0 Å². The average Bonchev–Trinajstić information content (AvgIpc) is 2.52. The second-order valence-corrected chi connectivity index (χ2v) is 6.07. The van der Waals surface area contributed by atoms with Gasteiger partial charge in [0, 0.05) is 14.1 Å². The van der Waals surface area contributed by atoms with Crippen LogP contribution in [0.1, 0.15) is 24.0 Å². The number of rotatable bonds is 1. The van der Waals surface area contributed by atoms with Crippen molar-refractivity contribution in [2.45, 2.75) is 37.1 Å². The fourth-order valence-electron chi connectivity index (χ4n) is 3.68. The first-order valence-corrected chi connectivity index (χ1v) is 7.37. The molecule has 0 bridgehead atoms. The third-order valence-corrected chi connectivity index (χ3v) is 4.83. The Morgan fingerprint density at radius 3 is 2.68 bits per heavy atom. The van der Waals surface area contributed by atoms with Crippen LogP contribution in [0.5, 0.6) is 0 Å². The number of hydrogen-bond acceptors (Lipinski definition) is 3. The van der Waals surface area contributed by atoms with Crippen molar-refractivity contribution in [3.05, 3.63) is 35.4 Å². The van der Waals surface area contributed by atoms with E-state index in [1.807, 2.05) is 12.1 Å². The molecule has 1 aromatic rings. The number of alkyl halides is 1. The van der Waals surface area contributed by atoms with E-state index in [0.717, 1.165) is 21.8 Å². The zero-order valence-corrected chi connectivity index (χ0v) is 12.6. The van der Waals surface area contributed by atoms with Gasteiger partial charge in [-0.1, -0.05) is 24.3 Å². The highest BCUT2D eigenvalue weighted by Gasteiger charge is 2.55. The van der Waals surface area contributed by atoms with Crippen molar-refractivity contribution in [1.29, 1.82) is 0 Å². The highest BCUT2D eigenvalue weighted by molar-refractivity contribution is 5.99. The first kappa shape index (κ1) is 15.0. The predicted molar refractivity (Wildman–Crippen MR) is 77.9 cm³/mol. The Morgan fingerprint density at radius 1 is 1.27 bits per heavy atom. The summed E-state index contributed by atoms with van der Waals surface area (Å²) in [7, 11) is 2.68. The van der Waals surface area contributed by atoms with Gasteiger partial charge in [0.25, 0.3) is 5.91 Å². The quantitative estimate of drug-likeness (QED) is 0.854. The summed E-state index contributed by atoms with van der Waals surface area (Å²) in [6.07, 6.45) is -0.135. The van der Waals surface area contributed by atoms with Gasteiger partial charge in [-0.3, -0.25) is 9.69 Å². The van der Waals surface area contributed by atoms with E-state index in [4.69, 9.17) is 0 Å². The Morgan fingerprint density at radius 2 is 1.95 bits per heavy atom. The Hall–Kier alpha value is -1.95. The van der Waals surface area contributed by atoms with Crippen molar-refractivity contribution in [3.8, 4) is 0 Å². The molecule has 3 atom stereocenters. The SMILES string of the molecule is CN1C(=O)[C@@H](F)[C@@H]([C@@]2(O)CCCc3ccccc32)N(C)C1=O. The molecule has 1 N–H and O–H groups in total. The monoisotopic (exact) mass is 306 g/mol. The number of aryl methyl sites for hydroxylation is 1. The maximum absolute atomic E-state index is 14.7. The molecule has 2 aliphatic rings. The Bertz CT molecular complexity index is 614. The van der Waals surface area contributed by atoms with Gasteiger partial charge in [-0.25, -0.2) is 9.18 Å². The van der Waals surface area contributed by atoms with E-state index >= 15 is 0 Å². The molecule has 118 valence electrons. The largest absolute Gasteiger partial charge is 0.383 e. The Labute approximate surface area is 128 Å².